The van der Waals surface area contributed by atoms with E-state index in [-0.39, 0.29) is 29.5 Å². The van der Waals surface area contributed by atoms with Crippen molar-refractivity contribution in [3.63, 3.8) is 0 Å². The van der Waals surface area contributed by atoms with Crippen molar-refractivity contribution in [2.75, 3.05) is 26.7 Å². The Kier molecular flexibility index (Phi) is 13.3. The number of amides is 1. The fourth-order valence-corrected chi connectivity index (χ4v) is 2.28. The number of hydrogen-bond donors (Lipinski definition) is 3. The molecular formula is C19H34IN5O3. The van der Waals surface area contributed by atoms with Gasteiger partial charge in [-0.1, -0.05) is 6.07 Å². The van der Waals surface area contributed by atoms with Gasteiger partial charge in [-0.15, -0.1) is 24.0 Å². The van der Waals surface area contributed by atoms with Crippen molar-refractivity contribution >= 4 is 36.0 Å². The first-order valence-electron chi connectivity index (χ1n) is 9.38. The molecule has 0 aromatic carbocycles. The topological polar surface area (TPSA) is 96.8 Å². The van der Waals surface area contributed by atoms with Gasteiger partial charge in [0.15, 0.2) is 5.96 Å². The van der Waals surface area contributed by atoms with Crippen molar-refractivity contribution in [1.82, 2.24) is 20.5 Å². The van der Waals surface area contributed by atoms with Crippen LogP contribution in [-0.2, 0) is 11.3 Å². The third-order valence-corrected chi connectivity index (χ3v) is 3.56. The summed E-state index contributed by atoms with van der Waals surface area (Å²) in [6.45, 7) is 8.21. The summed E-state index contributed by atoms with van der Waals surface area (Å²) in [6.07, 6.45) is 4.01. The van der Waals surface area contributed by atoms with Crippen LogP contribution in [0.4, 0.5) is 4.79 Å². The maximum atomic E-state index is 11.6. The van der Waals surface area contributed by atoms with Gasteiger partial charge in [0.1, 0.15) is 5.60 Å². The van der Waals surface area contributed by atoms with Crippen molar-refractivity contribution in [1.29, 1.82) is 0 Å². The Morgan fingerprint density at radius 2 is 1.71 bits per heavy atom. The van der Waals surface area contributed by atoms with Crippen molar-refractivity contribution in [3.05, 3.63) is 34.7 Å². The fourth-order valence-electron chi connectivity index (χ4n) is 2.28. The number of unbranched alkanes of at least 4 members (excludes halogenated alkanes) is 1. The van der Waals surface area contributed by atoms with Crippen LogP contribution >= 0.6 is 24.0 Å². The molecule has 9 heteroatoms. The van der Waals surface area contributed by atoms with Gasteiger partial charge in [-0.05, 0) is 46.1 Å². The third kappa shape index (κ3) is 12.6. The van der Waals surface area contributed by atoms with Gasteiger partial charge in [0.2, 0.25) is 5.56 Å². The second-order valence-electron chi connectivity index (χ2n) is 7.15. The Labute approximate surface area is 184 Å². The number of nitrogens with zero attached hydrogens (tertiary/aromatic N) is 2. The van der Waals surface area contributed by atoms with Gasteiger partial charge >= 0.3 is 6.09 Å². The molecule has 0 aliphatic heterocycles. The molecule has 0 spiro atoms. The minimum Gasteiger partial charge on any atom is -0.444 e. The molecule has 1 aromatic heterocycles. The highest BCUT2D eigenvalue weighted by Crippen LogP contribution is 2.06. The predicted octanol–water partition coefficient (Wildman–Crippen LogP) is 2.33. The Morgan fingerprint density at radius 3 is 2.32 bits per heavy atom. The molecule has 1 aromatic rings. The lowest BCUT2D eigenvalue weighted by atomic mass is 10.2. The van der Waals surface area contributed by atoms with Crippen LogP contribution in [0.1, 0.15) is 40.0 Å². The van der Waals surface area contributed by atoms with E-state index in [9.17, 15) is 9.59 Å². The Hall–Kier alpha value is -1.78. The molecule has 3 N–H and O–H groups in total. The number of aliphatic imine (C=N–C) groups is 1. The molecule has 0 fully saturated rings. The van der Waals surface area contributed by atoms with E-state index in [0.717, 1.165) is 31.8 Å². The molecule has 0 bridgehead atoms. The van der Waals surface area contributed by atoms with Gasteiger partial charge in [0.25, 0.3) is 0 Å². The zero-order valence-electron chi connectivity index (χ0n) is 17.3. The zero-order valence-corrected chi connectivity index (χ0v) is 19.6. The van der Waals surface area contributed by atoms with Crippen molar-refractivity contribution in [2.45, 2.75) is 52.2 Å². The zero-order chi connectivity index (χ0) is 20.1. The normalized spacial score (nSPS) is 11.4. The molecule has 1 amide bonds. The van der Waals surface area contributed by atoms with E-state index in [2.05, 4.69) is 20.9 Å². The van der Waals surface area contributed by atoms with Gasteiger partial charge in [0.05, 0.1) is 0 Å². The van der Waals surface area contributed by atoms with Crippen molar-refractivity contribution < 1.29 is 9.53 Å². The quantitative estimate of drug-likeness (QED) is 0.206. The Balaban J connectivity index is 0.00000729. The SMILES string of the molecule is CN=C(NCCCCn1ccccc1=O)NCCCNC(=O)OC(C)(C)C.I. The fraction of sp³-hybridized carbons (Fsp3) is 0.632. The second kappa shape index (κ2) is 14.3. The first-order valence-corrected chi connectivity index (χ1v) is 9.38. The number of aromatic nitrogens is 1. The predicted molar refractivity (Wildman–Crippen MR) is 124 cm³/mol. The highest BCUT2D eigenvalue weighted by atomic mass is 127. The van der Waals surface area contributed by atoms with Crippen molar-refractivity contribution in [2.24, 2.45) is 4.99 Å². The van der Waals surface area contributed by atoms with Crippen LogP contribution in [0.3, 0.4) is 0 Å². The largest absolute Gasteiger partial charge is 0.444 e. The van der Waals surface area contributed by atoms with Crippen molar-refractivity contribution in [3.8, 4) is 0 Å². The summed E-state index contributed by atoms with van der Waals surface area (Å²) in [6, 6.07) is 5.18. The Morgan fingerprint density at radius 1 is 1.07 bits per heavy atom. The molecule has 0 aliphatic carbocycles. The molecular weight excluding hydrogens is 473 g/mol. The van der Waals surface area contributed by atoms with E-state index in [1.165, 1.54) is 0 Å². The number of nitrogens with one attached hydrogen (secondary N) is 3. The lowest BCUT2D eigenvalue weighted by molar-refractivity contribution is 0.0527. The molecule has 160 valence electrons. The molecule has 0 atom stereocenters. The number of hydrogen-bond acceptors (Lipinski definition) is 4. The lowest BCUT2D eigenvalue weighted by Crippen LogP contribution is -2.39. The van der Waals surface area contributed by atoms with Gasteiger partial charge < -0.3 is 25.3 Å². The number of halogens is 1. The highest BCUT2D eigenvalue weighted by Gasteiger charge is 2.15. The number of ether oxygens (including phenoxy) is 1. The molecule has 1 heterocycles. The van der Waals surface area contributed by atoms with Crippen LogP contribution in [0.2, 0.25) is 0 Å². The summed E-state index contributed by atoms with van der Waals surface area (Å²) < 4.78 is 6.89. The summed E-state index contributed by atoms with van der Waals surface area (Å²) in [5.41, 5.74) is -0.453. The maximum Gasteiger partial charge on any atom is 0.407 e. The van der Waals surface area contributed by atoms with E-state index in [4.69, 9.17) is 4.74 Å². The standard InChI is InChI=1S/C19H33N5O3.HI/c1-19(2,3)27-18(26)23-13-9-12-22-17(20-4)21-11-6-8-15-24-14-7-5-10-16(24)25;/h5,7,10,14H,6,8-9,11-13,15H2,1-4H3,(H,23,26)(H2,20,21,22);1H. The number of pyridine rings is 1. The summed E-state index contributed by atoms with van der Waals surface area (Å²) in [4.78, 5) is 27.3. The summed E-state index contributed by atoms with van der Waals surface area (Å²) >= 11 is 0. The van der Waals surface area contributed by atoms with E-state index in [1.54, 1.807) is 23.7 Å². The van der Waals surface area contributed by atoms with E-state index < -0.39 is 11.7 Å². The molecule has 28 heavy (non-hydrogen) atoms. The lowest BCUT2D eigenvalue weighted by Gasteiger charge is -2.19. The molecule has 0 saturated heterocycles. The maximum absolute atomic E-state index is 11.6. The van der Waals surface area contributed by atoms with Crippen LogP contribution in [0.25, 0.3) is 0 Å². The smallest absolute Gasteiger partial charge is 0.407 e. The minimum atomic E-state index is -0.484. The van der Waals surface area contributed by atoms with Gasteiger partial charge in [0, 0.05) is 45.5 Å². The number of carbonyl (C=O) groups excluding carboxylic acids is 1. The average Bonchev–Trinajstić information content (AvgIpc) is 2.59. The molecule has 8 nitrogen and oxygen atoms in total. The monoisotopic (exact) mass is 507 g/mol. The number of guanidine groups is 1. The van der Waals surface area contributed by atoms with Gasteiger partial charge in [-0.25, -0.2) is 4.79 Å². The average molecular weight is 507 g/mol. The number of carbonyl (C=O) groups is 1. The molecule has 0 radical (unpaired) electrons. The summed E-state index contributed by atoms with van der Waals surface area (Å²) in [7, 11) is 1.72. The first-order chi connectivity index (χ1) is 12.8. The van der Waals surface area contributed by atoms with Crippen LogP contribution in [0.15, 0.2) is 34.2 Å². The summed E-state index contributed by atoms with van der Waals surface area (Å²) in [5, 5.41) is 9.16. The van der Waals surface area contributed by atoms with Crippen LogP contribution in [0.5, 0.6) is 0 Å². The number of alkyl carbamates (subject to hydrolysis) is 1. The van der Waals surface area contributed by atoms with Gasteiger partial charge in [-0.2, -0.15) is 0 Å². The first kappa shape index (κ1) is 26.2. The van der Waals surface area contributed by atoms with Crippen LogP contribution in [-0.4, -0.2) is 48.9 Å². The molecule has 0 aliphatic rings. The highest BCUT2D eigenvalue weighted by molar-refractivity contribution is 14.0. The minimum absolute atomic E-state index is 0. The summed E-state index contributed by atoms with van der Waals surface area (Å²) in [5.74, 6) is 0.726. The van der Waals surface area contributed by atoms with E-state index >= 15 is 0 Å². The van der Waals surface area contributed by atoms with E-state index in [1.807, 2.05) is 33.0 Å². The van der Waals surface area contributed by atoms with Gasteiger partial charge in [-0.3, -0.25) is 9.79 Å². The molecule has 0 unspecified atom stereocenters. The number of aryl methyl sites for hydroxylation is 1. The van der Waals surface area contributed by atoms with Crippen LogP contribution in [0, 0.1) is 0 Å². The van der Waals surface area contributed by atoms with Crippen LogP contribution < -0.4 is 21.5 Å². The third-order valence-electron chi connectivity index (χ3n) is 3.56. The second-order valence-corrected chi connectivity index (χ2v) is 7.15. The Bertz CT molecular complexity index is 655. The van der Waals surface area contributed by atoms with E-state index in [0.29, 0.717) is 19.6 Å². The molecule has 0 saturated carbocycles. The molecule has 1 rings (SSSR count). The number of rotatable bonds is 9.